The van der Waals surface area contributed by atoms with Crippen molar-refractivity contribution in [3.63, 3.8) is 0 Å². The molecule has 1 N–H and O–H groups in total. The molecule has 3 nitrogen and oxygen atoms in total. The highest BCUT2D eigenvalue weighted by molar-refractivity contribution is 5.32. The molecule has 1 aliphatic rings. The molecule has 0 aliphatic heterocycles. The van der Waals surface area contributed by atoms with Crippen molar-refractivity contribution in [2.45, 2.75) is 32.2 Å². The molecule has 0 unspecified atom stereocenters. The maximum atomic E-state index is 5.40. The summed E-state index contributed by atoms with van der Waals surface area (Å²) < 4.78 is 5.40. The monoisotopic (exact) mass is 276 g/mol. The second-order valence-corrected chi connectivity index (χ2v) is 5.90. The van der Waals surface area contributed by atoms with Gasteiger partial charge in [0.2, 0.25) is 0 Å². The molecular weight excluding hydrogens is 248 g/mol. The number of ether oxygens (including phenoxy) is 1. The molecule has 20 heavy (non-hydrogen) atoms. The maximum Gasteiger partial charge on any atom is 0.123 e. The number of benzene rings is 1. The van der Waals surface area contributed by atoms with Crippen molar-refractivity contribution in [1.82, 2.24) is 10.2 Å². The van der Waals surface area contributed by atoms with Crippen LogP contribution in [0.3, 0.4) is 0 Å². The summed E-state index contributed by atoms with van der Waals surface area (Å²) in [6.07, 6.45) is 5.70. The zero-order chi connectivity index (χ0) is 14.2. The molecular formula is C17H28N2O. The summed E-state index contributed by atoms with van der Waals surface area (Å²) in [7, 11) is 3.91. The Morgan fingerprint density at radius 3 is 2.75 bits per heavy atom. The first-order valence-corrected chi connectivity index (χ1v) is 7.80. The Morgan fingerprint density at radius 1 is 1.25 bits per heavy atom. The van der Waals surface area contributed by atoms with Crippen LogP contribution in [-0.2, 0) is 6.54 Å². The van der Waals surface area contributed by atoms with Crippen LogP contribution in [0, 0.1) is 5.92 Å². The molecule has 2 rings (SSSR count). The van der Waals surface area contributed by atoms with E-state index in [2.05, 4.69) is 29.4 Å². The van der Waals surface area contributed by atoms with Crippen LogP contribution in [0.2, 0.25) is 0 Å². The standard InChI is InChI=1S/C17H28N2O/c1-19(12-11-18-13-15-7-3-4-8-15)14-16-9-5-6-10-17(16)20-2/h5-6,9-10,15,18H,3-4,7-8,11-14H2,1-2H3. The van der Waals surface area contributed by atoms with Crippen LogP contribution in [0.5, 0.6) is 5.75 Å². The average Bonchev–Trinajstić information content (AvgIpc) is 2.97. The SMILES string of the molecule is COc1ccccc1CN(C)CCNCC1CCCC1. The number of rotatable bonds is 8. The van der Waals surface area contributed by atoms with Gasteiger partial charge in [-0.1, -0.05) is 31.0 Å². The van der Waals surface area contributed by atoms with E-state index in [0.717, 1.165) is 31.3 Å². The van der Waals surface area contributed by atoms with Gasteiger partial charge in [-0.05, 0) is 38.4 Å². The van der Waals surface area contributed by atoms with Crippen LogP contribution in [0.4, 0.5) is 0 Å². The van der Waals surface area contributed by atoms with Crippen molar-refractivity contribution in [1.29, 1.82) is 0 Å². The molecule has 0 aromatic heterocycles. The highest BCUT2D eigenvalue weighted by Gasteiger charge is 2.14. The molecule has 1 aromatic carbocycles. The van der Waals surface area contributed by atoms with Gasteiger partial charge in [0, 0.05) is 25.2 Å². The smallest absolute Gasteiger partial charge is 0.123 e. The van der Waals surface area contributed by atoms with Gasteiger partial charge in [-0.2, -0.15) is 0 Å². The maximum absolute atomic E-state index is 5.40. The summed E-state index contributed by atoms with van der Waals surface area (Å²) in [6.45, 7) is 4.28. The fraction of sp³-hybridized carbons (Fsp3) is 0.647. The van der Waals surface area contributed by atoms with E-state index in [4.69, 9.17) is 4.74 Å². The Kier molecular flexibility index (Phi) is 6.34. The molecule has 0 radical (unpaired) electrons. The normalized spacial score (nSPS) is 15.9. The molecule has 1 saturated carbocycles. The quantitative estimate of drug-likeness (QED) is 0.739. The minimum absolute atomic E-state index is 0.925. The minimum Gasteiger partial charge on any atom is -0.496 e. The molecule has 3 heteroatoms. The fourth-order valence-electron chi connectivity index (χ4n) is 2.99. The van der Waals surface area contributed by atoms with Gasteiger partial charge in [0.05, 0.1) is 7.11 Å². The van der Waals surface area contributed by atoms with E-state index in [-0.39, 0.29) is 0 Å². The lowest BCUT2D eigenvalue weighted by atomic mass is 10.1. The van der Waals surface area contributed by atoms with Gasteiger partial charge in [-0.3, -0.25) is 0 Å². The summed E-state index contributed by atoms with van der Waals surface area (Å²) in [5.41, 5.74) is 1.26. The summed E-state index contributed by atoms with van der Waals surface area (Å²) in [4.78, 5) is 2.35. The van der Waals surface area contributed by atoms with Crippen molar-refractivity contribution in [2.75, 3.05) is 33.8 Å². The molecule has 0 bridgehead atoms. The summed E-state index contributed by atoms with van der Waals surface area (Å²) in [6, 6.07) is 8.26. The van der Waals surface area contributed by atoms with Crippen LogP contribution in [0.25, 0.3) is 0 Å². The molecule has 1 aromatic rings. The predicted molar refractivity (Wildman–Crippen MR) is 84.2 cm³/mol. The van der Waals surface area contributed by atoms with Crippen LogP contribution >= 0.6 is 0 Å². The Labute approximate surface area is 123 Å². The van der Waals surface area contributed by atoms with Gasteiger partial charge in [-0.25, -0.2) is 0 Å². The first-order chi connectivity index (χ1) is 9.79. The fourth-order valence-corrected chi connectivity index (χ4v) is 2.99. The molecule has 0 saturated heterocycles. The molecule has 112 valence electrons. The third kappa shape index (κ3) is 4.80. The summed E-state index contributed by atoms with van der Waals surface area (Å²) in [5, 5.41) is 3.60. The first-order valence-electron chi connectivity index (χ1n) is 7.80. The van der Waals surface area contributed by atoms with E-state index < -0.39 is 0 Å². The van der Waals surface area contributed by atoms with Crippen molar-refractivity contribution >= 4 is 0 Å². The third-order valence-corrected chi connectivity index (χ3v) is 4.21. The Balaban J connectivity index is 1.65. The second-order valence-electron chi connectivity index (χ2n) is 5.90. The Bertz CT molecular complexity index is 388. The van der Waals surface area contributed by atoms with E-state index in [9.17, 15) is 0 Å². The van der Waals surface area contributed by atoms with Gasteiger partial charge in [0.1, 0.15) is 5.75 Å². The van der Waals surface area contributed by atoms with Gasteiger partial charge in [0.15, 0.2) is 0 Å². The van der Waals surface area contributed by atoms with Crippen molar-refractivity contribution in [3.05, 3.63) is 29.8 Å². The van der Waals surface area contributed by atoms with Crippen LogP contribution in [-0.4, -0.2) is 38.7 Å². The van der Waals surface area contributed by atoms with Gasteiger partial charge >= 0.3 is 0 Å². The largest absolute Gasteiger partial charge is 0.496 e. The molecule has 1 fully saturated rings. The number of hydrogen-bond donors (Lipinski definition) is 1. The molecule has 0 spiro atoms. The minimum atomic E-state index is 0.925. The number of methoxy groups -OCH3 is 1. The third-order valence-electron chi connectivity index (χ3n) is 4.21. The lowest BCUT2D eigenvalue weighted by Crippen LogP contribution is -2.31. The van der Waals surface area contributed by atoms with Gasteiger partial charge in [-0.15, -0.1) is 0 Å². The lowest BCUT2D eigenvalue weighted by molar-refractivity contribution is 0.311. The molecule has 1 aliphatic carbocycles. The van der Waals surface area contributed by atoms with Crippen LogP contribution < -0.4 is 10.1 Å². The van der Waals surface area contributed by atoms with E-state index >= 15 is 0 Å². The molecule has 0 atom stereocenters. The lowest BCUT2D eigenvalue weighted by Gasteiger charge is -2.19. The second kappa shape index (κ2) is 8.28. The zero-order valence-electron chi connectivity index (χ0n) is 12.9. The van der Waals surface area contributed by atoms with Crippen LogP contribution in [0.15, 0.2) is 24.3 Å². The van der Waals surface area contributed by atoms with E-state index in [0.29, 0.717) is 0 Å². The molecule has 0 heterocycles. The average molecular weight is 276 g/mol. The number of likely N-dealkylation sites (N-methyl/N-ethyl adjacent to an activating group) is 1. The van der Waals surface area contributed by atoms with E-state index in [1.54, 1.807) is 7.11 Å². The van der Waals surface area contributed by atoms with Gasteiger partial charge < -0.3 is 15.0 Å². The van der Waals surface area contributed by atoms with Crippen LogP contribution in [0.1, 0.15) is 31.2 Å². The molecule has 0 amide bonds. The van der Waals surface area contributed by atoms with Crippen molar-refractivity contribution < 1.29 is 4.74 Å². The Hall–Kier alpha value is -1.06. The van der Waals surface area contributed by atoms with Crippen molar-refractivity contribution in [3.8, 4) is 5.75 Å². The highest BCUT2D eigenvalue weighted by Crippen LogP contribution is 2.23. The predicted octanol–water partition coefficient (Wildman–Crippen LogP) is 2.91. The first kappa shape index (κ1) is 15.3. The summed E-state index contributed by atoms with van der Waals surface area (Å²) in [5.74, 6) is 1.91. The zero-order valence-corrected chi connectivity index (χ0v) is 12.9. The Morgan fingerprint density at radius 2 is 2.00 bits per heavy atom. The summed E-state index contributed by atoms with van der Waals surface area (Å²) >= 11 is 0. The van der Waals surface area contributed by atoms with E-state index in [1.165, 1.54) is 37.8 Å². The highest BCUT2D eigenvalue weighted by atomic mass is 16.5. The van der Waals surface area contributed by atoms with Gasteiger partial charge in [0.25, 0.3) is 0 Å². The number of hydrogen-bond acceptors (Lipinski definition) is 3. The number of para-hydroxylation sites is 1. The van der Waals surface area contributed by atoms with E-state index in [1.807, 2.05) is 12.1 Å². The number of nitrogens with zero attached hydrogens (tertiary/aromatic N) is 1. The van der Waals surface area contributed by atoms with Crippen molar-refractivity contribution in [2.24, 2.45) is 5.92 Å². The number of nitrogens with one attached hydrogen (secondary N) is 1. The topological polar surface area (TPSA) is 24.5 Å².